The predicted octanol–water partition coefficient (Wildman–Crippen LogP) is 2.45. The lowest BCUT2D eigenvalue weighted by Gasteiger charge is -2.06. The third kappa shape index (κ3) is 8.16. The zero-order valence-electron chi connectivity index (χ0n) is 17.1. The summed E-state index contributed by atoms with van der Waals surface area (Å²) in [6, 6.07) is 22.9. The summed E-state index contributed by atoms with van der Waals surface area (Å²) in [6.45, 7) is 4.47. The van der Waals surface area contributed by atoms with Gasteiger partial charge in [-0.15, -0.1) is 0 Å². The fourth-order valence-electron chi connectivity index (χ4n) is 2.78. The van der Waals surface area contributed by atoms with Gasteiger partial charge in [-0.25, -0.2) is 12.8 Å². The van der Waals surface area contributed by atoms with Crippen LogP contribution < -0.4 is 21.2 Å². The van der Waals surface area contributed by atoms with Gasteiger partial charge in [0.25, 0.3) is 0 Å². The highest BCUT2D eigenvalue weighted by molar-refractivity contribution is 7.85. The lowest BCUT2D eigenvalue weighted by atomic mass is 10.1. The molecule has 3 aromatic carbocycles. The molecule has 30 heavy (non-hydrogen) atoms. The van der Waals surface area contributed by atoms with Gasteiger partial charge in [0, 0.05) is 0 Å². The molecule has 0 bridgehead atoms. The summed E-state index contributed by atoms with van der Waals surface area (Å²) in [7, 11) is -4.66. The number of halogens is 2. The molecular weight excluding hydrogens is 514 g/mol. The van der Waals surface area contributed by atoms with Crippen molar-refractivity contribution in [3.8, 4) is 0 Å². The SMILES string of the molecule is CCCc1ccc([I+]c2ccc(CCC)cc2)cc1.O=S(=O)([O-])c1ccccc1F. The molecule has 3 aromatic rings. The van der Waals surface area contributed by atoms with Crippen molar-refractivity contribution in [1.82, 2.24) is 0 Å². The molecule has 0 atom stereocenters. The van der Waals surface area contributed by atoms with E-state index in [9.17, 15) is 17.4 Å². The number of benzene rings is 3. The van der Waals surface area contributed by atoms with Gasteiger partial charge in [0.05, 0.1) is 4.90 Å². The zero-order valence-corrected chi connectivity index (χ0v) is 20.1. The molecule has 0 heterocycles. The van der Waals surface area contributed by atoms with Crippen molar-refractivity contribution in [1.29, 1.82) is 0 Å². The molecule has 0 aliphatic carbocycles. The quantitative estimate of drug-likeness (QED) is 0.342. The number of hydrogen-bond donors (Lipinski definition) is 0. The molecule has 160 valence electrons. The highest BCUT2D eigenvalue weighted by atomic mass is 127. The van der Waals surface area contributed by atoms with Crippen LogP contribution in [-0.2, 0) is 23.0 Å². The summed E-state index contributed by atoms with van der Waals surface area (Å²) >= 11 is -0.0164. The van der Waals surface area contributed by atoms with Gasteiger partial charge >= 0.3 is 21.2 Å². The topological polar surface area (TPSA) is 57.2 Å². The smallest absolute Gasteiger partial charge is 0.357 e. The normalized spacial score (nSPS) is 10.9. The average Bonchev–Trinajstić information content (AvgIpc) is 2.71. The van der Waals surface area contributed by atoms with Crippen LogP contribution in [0.5, 0.6) is 0 Å². The van der Waals surface area contributed by atoms with Crippen molar-refractivity contribution < 1.29 is 38.6 Å². The predicted molar refractivity (Wildman–Crippen MR) is 113 cm³/mol. The van der Waals surface area contributed by atoms with E-state index in [4.69, 9.17) is 0 Å². The molecule has 0 N–H and O–H groups in total. The van der Waals surface area contributed by atoms with E-state index in [0.29, 0.717) is 0 Å². The molecule has 0 aliphatic heterocycles. The van der Waals surface area contributed by atoms with Crippen LogP contribution in [0.1, 0.15) is 37.8 Å². The average molecular weight is 540 g/mol. The molecule has 6 heteroatoms. The second-order valence-corrected chi connectivity index (χ2v) is 11.1. The van der Waals surface area contributed by atoms with Crippen molar-refractivity contribution >= 4 is 10.1 Å². The molecule has 3 nitrogen and oxygen atoms in total. The van der Waals surface area contributed by atoms with Crippen LogP contribution in [0.4, 0.5) is 4.39 Å². The van der Waals surface area contributed by atoms with E-state index in [-0.39, 0.29) is 21.2 Å². The van der Waals surface area contributed by atoms with Crippen LogP contribution in [0.3, 0.4) is 0 Å². The van der Waals surface area contributed by atoms with Gasteiger partial charge in [0.15, 0.2) is 7.14 Å². The first-order valence-corrected chi connectivity index (χ1v) is 13.4. The molecule has 0 aliphatic rings. The largest absolute Gasteiger partial charge is 0.744 e. The van der Waals surface area contributed by atoms with Gasteiger partial charge in [0.2, 0.25) is 0 Å². The number of rotatable bonds is 7. The third-order valence-corrected chi connectivity index (χ3v) is 7.78. The Hall–Kier alpha value is -1.77. The Morgan fingerprint density at radius 1 is 0.767 bits per heavy atom. The van der Waals surface area contributed by atoms with Crippen molar-refractivity contribution in [2.75, 3.05) is 0 Å². The molecule has 0 amide bonds. The van der Waals surface area contributed by atoms with Gasteiger partial charge in [-0.3, -0.25) is 0 Å². The summed E-state index contributed by atoms with van der Waals surface area (Å²) in [5.41, 5.74) is 2.93. The Morgan fingerprint density at radius 2 is 1.20 bits per heavy atom. The first-order chi connectivity index (χ1) is 14.3. The fraction of sp³-hybridized carbons (Fsp3) is 0.250. The first-order valence-electron chi connectivity index (χ1n) is 9.86. The van der Waals surface area contributed by atoms with Crippen molar-refractivity contribution in [3.63, 3.8) is 0 Å². The molecule has 3 rings (SSSR count). The Kier molecular flexibility index (Phi) is 9.94. The van der Waals surface area contributed by atoms with E-state index in [0.717, 1.165) is 12.1 Å². The van der Waals surface area contributed by atoms with E-state index in [1.807, 2.05) is 0 Å². The van der Waals surface area contributed by atoms with Crippen LogP contribution in [0.15, 0.2) is 77.7 Å². The number of hydrogen-bond acceptors (Lipinski definition) is 3. The number of aryl methyl sites for hydroxylation is 2. The Morgan fingerprint density at radius 3 is 1.53 bits per heavy atom. The van der Waals surface area contributed by atoms with Crippen molar-refractivity contribution in [2.45, 2.75) is 44.4 Å². The van der Waals surface area contributed by atoms with Gasteiger partial charge in [-0.05, 0) is 60.4 Å². The van der Waals surface area contributed by atoms with Crippen LogP contribution in [0.2, 0.25) is 0 Å². The summed E-state index contributed by atoms with van der Waals surface area (Å²) in [5, 5.41) is 0. The lowest BCUT2D eigenvalue weighted by molar-refractivity contribution is -0.597. The molecular formula is C24H26FIO3S. The van der Waals surface area contributed by atoms with Gasteiger partial charge in [-0.2, -0.15) is 0 Å². The Labute approximate surface area is 189 Å². The van der Waals surface area contributed by atoms with Crippen LogP contribution in [0, 0.1) is 13.0 Å². The summed E-state index contributed by atoms with van der Waals surface area (Å²) < 4.78 is 46.3. The maximum absolute atomic E-state index is 12.5. The standard InChI is InChI=1S/C18H22I.C6H5FO3S/c1-3-5-15-7-11-17(12-8-15)19-18-13-9-16(6-4-2)10-14-18;7-5-3-1-2-4-6(5)11(8,9)10/h7-14H,3-6H2,1-2H3;1-4H,(H,8,9,10)/q+1;/p-1. The van der Waals surface area contributed by atoms with Gasteiger partial charge in [0.1, 0.15) is 15.9 Å². The highest BCUT2D eigenvalue weighted by Gasteiger charge is 2.14. The zero-order chi connectivity index (χ0) is 22.0. The van der Waals surface area contributed by atoms with E-state index in [1.165, 1.54) is 56.1 Å². The van der Waals surface area contributed by atoms with Crippen LogP contribution >= 0.6 is 0 Å². The minimum absolute atomic E-state index is 0.0164. The molecule has 0 spiro atoms. The van der Waals surface area contributed by atoms with Crippen molar-refractivity contribution in [2.24, 2.45) is 0 Å². The minimum Gasteiger partial charge on any atom is -0.744 e. The summed E-state index contributed by atoms with van der Waals surface area (Å²) in [4.78, 5) is -0.806. The summed E-state index contributed by atoms with van der Waals surface area (Å²) in [5.74, 6) is -1.01. The second-order valence-electron chi connectivity index (χ2n) is 6.73. The third-order valence-electron chi connectivity index (χ3n) is 4.23. The Bertz CT molecular complexity index is 970. The molecule has 0 radical (unpaired) electrons. The fourth-order valence-corrected chi connectivity index (χ4v) is 5.49. The van der Waals surface area contributed by atoms with Gasteiger partial charge < -0.3 is 4.55 Å². The highest BCUT2D eigenvalue weighted by Crippen LogP contribution is 2.11. The monoisotopic (exact) mass is 540 g/mol. The van der Waals surface area contributed by atoms with Crippen LogP contribution in [0.25, 0.3) is 0 Å². The maximum Gasteiger partial charge on any atom is 0.357 e. The van der Waals surface area contributed by atoms with E-state index in [1.54, 1.807) is 0 Å². The Balaban J connectivity index is 0.000000248. The van der Waals surface area contributed by atoms with Crippen molar-refractivity contribution in [3.05, 3.63) is 96.9 Å². The second kappa shape index (κ2) is 12.2. The van der Waals surface area contributed by atoms with E-state index < -0.39 is 20.8 Å². The molecule has 0 saturated carbocycles. The van der Waals surface area contributed by atoms with E-state index in [2.05, 4.69) is 62.4 Å². The minimum atomic E-state index is -4.66. The van der Waals surface area contributed by atoms with Gasteiger partial charge in [-0.1, -0.05) is 63.1 Å². The molecule has 0 aromatic heterocycles. The summed E-state index contributed by atoms with van der Waals surface area (Å²) in [6.07, 6.45) is 4.86. The molecule has 0 saturated heterocycles. The lowest BCUT2D eigenvalue weighted by Crippen LogP contribution is -3.61. The molecule has 0 unspecified atom stereocenters. The molecule has 0 fully saturated rings. The maximum atomic E-state index is 12.5. The van der Waals surface area contributed by atoms with Crippen LogP contribution in [-0.4, -0.2) is 13.0 Å². The van der Waals surface area contributed by atoms with E-state index >= 15 is 0 Å². The first kappa shape index (κ1) is 24.5.